The fourth-order valence-electron chi connectivity index (χ4n) is 1.80. The molecule has 94 valence electrons. The Morgan fingerprint density at radius 1 is 1.19 bits per heavy atom. The van der Waals surface area contributed by atoms with Crippen LogP contribution in [0.2, 0.25) is 0 Å². The molecule has 1 aliphatic heterocycles. The van der Waals surface area contributed by atoms with E-state index in [9.17, 15) is 20.1 Å². The van der Waals surface area contributed by atoms with E-state index in [0.29, 0.717) is 6.42 Å². The number of ether oxygens (including phenoxy) is 1. The third-order valence-corrected chi connectivity index (χ3v) is 2.80. The number of carboxylic acids is 1. The van der Waals surface area contributed by atoms with Gasteiger partial charge in [0, 0.05) is 0 Å². The Kier molecular flexibility index (Phi) is 4.67. The lowest BCUT2D eigenvalue weighted by Gasteiger charge is -2.38. The van der Waals surface area contributed by atoms with E-state index in [1.165, 1.54) is 0 Å². The van der Waals surface area contributed by atoms with Crippen molar-refractivity contribution in [1.82, 2.24) is 0 Å². The molecule has 1 heterocycles. The Labute approximate surface area is 93.5 Å². The number of hydrogen-bond donors (Lipinski definition) is 4. The van der Waals surface area contributed by atoms with Crippen LogP contribution in [0.4, 0.5) is 0 Å². The van der Waals surface area contributed by atoms with E-state index >= 15 is 0 Å². The number of aliphatic hydroxyl groups excluding tert-OH is 3. The van der Waals surface area contributed by atoms with E-state index in [2.05, 4.69) is 0 Å². The minimum atomic E-state index is -1.59. The van der Waals surface area contributed by atoms with Crippen molar-refractivity contribution in [2.24, 2.45) is 0 Å². The zero-order valence-electron chi connectivity index (χ0n) is 9.11. The van der Waals surface area contributed by atoms with Gasteiger partial charge in [-0.25, -0.2) is 4.79 Å². The largest absolute Gasteiger partial charge is 0.479 e. The highest BCUT2D eigenvalue weighted by Gasteiger charge is 2.46. The average Bonchev–Trinajstić information content (AvgIpc) is 2.24. The SMILES string of the molecule is CCCCC1OC(C(=O)O)C(O)C(O)C1O. The number of carbonyl (C=O) groups is 1. The predicted molar refractivity (Wildman–Crippen MR) is 53.8 cm³/mol. The van der Waals surface area contributed by atoms with Crippen LogP contribution < -0.4 is 0 Å². The van der Waals surface area contributed by atoms with Gasteiger partial charge in [-0.2, -0.15) is 0 Å². The number of hydrogen-bond acceptors (Lipinski definition) is 5. The summed E-state index contributed by atoms with van der Waals surface area (Å²) in [6.45, 7) is 1.95. The first-order valence-corrected chi connectivity index (χ1v) is 5.41. The maximum atomic E-state index is 10.8. The molecular weight excluding hydrogens is 216 g/mol. The van der Waals surface area contributed by atoms with Gasteiger partial charge in [-0.05, 0) is 6.42 Å². The topological polar surface area (TPSA) is 107 Å². The predicted octanol–water partition coefficient (Wildman–Crippen LogP) is -0.889. The Hall–Kier alpha value is -0.690. The first kappa shape index (κ1) is 13.4. The number of carboxylic acid groups (broad SMARTS) is 1. The van der Waals surface area contributed by atoms with Gasteiger partial charge in [0.25, 0.3) is 0 Å². The van der Waals surface area contributed by atoms with Crippen molar-refractivity contribution in [2.75, 3.05) is 0 Å². The van der Waals surface area contributed by atoms with Crippen LogP contribution in [-0.2, 0) is 9.53 Å². The molecule has 0 aromatic carbocycles. The van der Waals surface area contributed by atoms with Crippen molar-refractivity contribution in [3.63, 3.8) is 0 Å². The minimum Gasteiger partial charge on any atom is -0.479 e. The lowest BCUT2D eigenvalue weighted by molar-refractivity contribution is -0.228. The number of rotatable bonds is 4. The molecule has 0 bridgehead atoms. The second-order valence-corrected chi connectivity index (χ2v) is 4.05. The third-order valence-electron chi connectivity index (χ3n) is 2.80. The fraction of sp³-hybridized carbons (Fsp3) is 0.900. The van der Waals surface area contributed by atoms with Gasteiger partial charge in [0.1, 0.15) is 18.3 Å². The summed E-state index contributed by atoms with van der Waals surface area (Å²) in [6.07, 6.45) is -4.41. The summed E-state index contributed by atoms with van der Waals surface area (Å²) in [7, 11) is 0. The average molecular weight is 234 g/mol. The standard InChI is InChI=1S/C10H18O6/c1-2-3-4-5-6(11)7(12)8(13)9(16-5)10(14)15/h5-9,11-13H,2-4H2,1H3,(H,14,15). The van der Waals surface area contributed by atoms with Crippen molar-refractivity contribution >= 4 is 5.97 Å². The zero-order valence-corrected chi connectivity index (χ0v) is 9.11. The van der Waals surface area contributed by atoms with E-state index in [1.807, 2.05) is 6.92 Å². The van der Waals surface area contributed by atoms with Crippen LogP contribution in [0.15, 0.2) is 0 Å². The van der Waals surface area contributed by atoms with Gasteiger partial charge in [-0.3, -0.25) is 0 Å². The highest BCUT2D eigenvalue weighted by atomic mass is 16.6. The van der Waals surface area contributed by atoms with Gasteiger partial charge >= 0.3 is 5.97 Å². The third kappa shape index (κ3) is 2.70. The van der Waals surface area contributed by atoms with Gasteiger partial charge in [-0.15, -0.1) is 0 Å². The molecule has 6 nitrogen and oxygen atoms in total. The Morgan fingerprint density at radius 3 is 2.31 bits per heavy atom. The quantitative estimate of drug-likeness (QED) is 0.503. The summed E-state index contributed by atoms with van der Waals surface area (Å²) in [6, 6.07) is 0. The van der Waals surface area contributed by atoms with E-state index in [4.69, 9.17) is 9.84 Å². The molecule has 1 saturated heterocycles. The molecule has 0 radical (unpaired) electrons. The van der Waals surface area contributed by atoms with Gasteiger partial charge in [-0.1, -0.05) is 19.8 Å². The van der Waals surface area contributed by atoms with Gasteiger partial charge < -0.3 is 25.2 Å². The molecule has 5 atom stereocenters. The molecule has 5 unspecified atom stereocenters. The lowest BCUT2D eigenvalue weighted by Crippen LogP contribution is -2.59. The first-order chi connectivity index (χ1) is 7.49. The summed E-state index contributed by atoms with van der Waals surface area (Å²) in [5, 5.41) is 37.3. The number of aliphatic carboxylic acids is 1. The number of unbranched alkanes of at least 4 members (excludes halogenated alkanes) is 1. The smallest absolute Gasteiger partial charge is 0.335 e. The van der Waals surface area contributed by atoms with Crippen LogP contribution in [0.5, 0.6) is 0 Å². The van der Waals surface area contributed by atoms with Gasteiger partial charge in [0.2, 0.25) is 0 Å². The molecule has 0 amide bonds. The molecule has 0 aliphatic carbocycles. The molecule has 1 rings (SSSR count). The summed E-state index contributed by atoms with van der Waals surface area (Å²) in [4.78, 5) is 10.8. The molecule has 0 aromatic heterocycles. The molecule has 0 aromatic rings. The van der Waals surface area contributed by atoms with Gasteiger partial charge in [0.15, 0.2) is 6.10 Å². The van der Waals surface area contributed by atoms with Crippen molar-refractivity contribution in [2.45, 2.75) is 56.7 Å². The lowest BCUT2D eigenvalue weighted by atomic mass is 9.92. The van der Waals surface area contributed by atoms with Crippen LogP contribution in [0.3, 0.4) is 0 Å². The Bertz CT molecular complexity index is 243. The second-order valence-electron chi connectivity index (χ2n) is 4.05. The van der Waals surface area contributed by atoms with E-state index in [1.54, 1.807) is 0 Å². The molecule has 4 N–H and O–H groups in total. The highest BCUT2D eigenvalue weighted by Crippen LogP contribution is 2.24. The van der Waals surface area contributed by atoms with Crippen LogP contribution in [0.1, 0.15) is 26.2 Å². The van der Waals surface area contributed by atoms with E-state index < -0.39 is 36.5 Å². The molecule has 0 saturated carbocycles. The Balaban J connectivity index is 2.69. The summed E-state index contributed by atoms with van der Waals surface area (Å²) in [5.74, 6) is -1.33. The molecule has 0 spiro atoms. The molecule has 16 heavy (non-hydrogen) atoms. The first-order valence-electron chi connectivity index (χ1n) is 5.41. The van der Waals surface area contributed by atoms with Crippen LogP contribution >= 0.6 is 0 Å². The molecular formula is C10H18O6. The summed E-state index contributed by atoms with van der Waals surface area (Å²) >= 11 is 0. The summed E-state index contributed by atoms with van der Waals surface area (Å²) < 4.78 is 5.09. The normalized spacial score (nSPS) is 39.6. The highest BCUT2D eigenvalue weighted by molar-refractivity contribution is 5.73. The van der Waals surface area contributed by atoms with Crippen LogP contribution in [0, 0.1) is 0 Å². The second kappa shape index (κ2) is 5.58. The maximum Gasteiger partial charge on any atom is 0.335 e. The van der Waals surface area contributed by atoms with Crippen LogP contribution in [0.25, 0.3) is 0 Å². The maximum absolute atomic E-state index is 10.8. The van der Waals surface area contributed by atoms with Crippen molar-refractivity contribution in [1.29, 1.82) is 0 Å². The minimum absolute atomic E-state index is 0.464. The van der Waals surface area contributed by atoms with E-state index in [-0.39, 0.29) is 0 Å². The number of aliphatic hydroxyl groups is 3. The van der Waals surface area contributed by atoms with Crippen LogP contribution in [-0.4, -0.2) is 56.9 Å². The van der Waals surface area contributed by atoms with Crippen molar-refractivity contribution < 1.29 is 30.0 Å². The van der Waals surface area contributed by atoms with Crippen molar-refractivity contribution in [3.8, 4) is 0 Å². The fourth-order valence-corrected chi connectivity index (χ4v) is 1.80. The monoisotopic (exact) mass is 234 g/mol. The molecule has 1 aliphatic rings. The molecule has 6 heteroatoms. The molecule has 1 fully saturated rings. The Morgan fingerprint density at radius 2 is 1.81 bits per heavy atom. The van der Waals surface area contributed by atoms with Gasteiger partial charge in [0.05, 0.1) is 6.10 Å². The summed E-state index contributed by atoms with van der Waals surface area (Å²) in [5.41, 5.74) is 0. The van der Waals surface area contributed by atoms with Crippen molar-refractivity contribution in [3.05, 3.63) is 0 Å². The zero-order chi connectivity index (χ0) is 12.3. The van der Waals surface area contributed by atoms with E-state index in [0.717, 1.165) is 12.8 Å².